The average Bonchev–Trinajstić information content (AvgIpc) is 2.77. The smallest absolute Gasteiger partial charge is 0.255 e. The zero-order valence-corrected chi connectivity index (χ0v) is 17.5. The molecule has 0 fully saturated rings. The van der Waals surface area contributed by atoms with Crippen molar-refractivity contribution < 1.29 is 14.3 Å². The number of carbonyl (C=O) groups excluding carboxylic acids is 2. The van der Waals surface area contributed by atoms with E-state index in [4.69, 9.17) is 4.74 Å². The summed E-state index contributed by atoms with van der Waals surface area (Å²) in [5.41, 5.74) is 4.98. The van der Waals surface area contributed by atoms with Crippen molar-refractivity contribution in [2.75, 3.05) is 7.11 Å². The van der Waals surface area contributed by atoms with Crippen molar-refractivity contribution in [3.8, 4) is 5.75 Å². The second-order valence-electron chi connectivity index (χ2n) is 7.22. The lowest BCUT2D eigenvalue weighted by Gasteiger charge is -2.14. The van der Waals surface area contributed by atoms with E-state index >= 15 is 0 Å². The Morgan fingerprint density at radius 1 is 0.700 bits per heavy atom. The van der Waals surface area contributed by atoms with Crippen LogP contribution in [-0.4, -0.2) is 18.9 Å². The lowest BCUT2D eigenvalue weighted by Crippen LogP contribution is -2.26. The van der Waals surface area contributed by atoms with Crippen LogP contribution in [-0.2, 0) is 13.1 Å². The highest BCUT2D eigenvalue weighted by Gasteiger charge is 2.19. The molecule has 5 heteroatoms. The van der Waals surface area contributed by atoms with E-state index in [0.29, 0.717) is 24.2 Å². The molecule has 5 nitrogen and oxygen atoms in total. The van der Waals surface area contributed by atoms with Crippen molar-refractivity contribution in [1.29, 1.82) is 0 Å². The molecule has 0 saturated heterocycles. The summed E-state index contributed by atoms with van der Waals surface area (Å²) < 4.78 is 5.43. The van der Waals surface area contributed by atoms with Crippen LogP contribution in [0.5, 0.6) is 5.75 Å². The van der Waals surface area contributed by atoms with Crippen LogP contribution in [0.3, 0.4) is 0 Å². The fraction of sp³-hybridized carbons (Fsp3) is 0.200. The highest BCUT2D eigenvalue weighted by molar-refractivity contribution is 6.04. The third-order valence-corrected chi connectivity index (χ3v) is 4.86. The molecule has 3 aromatic rings. The van der Waals surface area contributed by atoms with Crippen LogP contribution in [0.4, 0.5) is 0 Å². The van der Waals surface area contributed by atoms with E-state index in [-0.39, 0.29) is 17.6 Å². The van der Waals surface area contributed by atoms with Crippen LogP contribution < -0.4 is 15.4 Å². The first-order chi connectivity index (χ1) is 14.5. The number of aryl methyl sites for hydroxylation is 2. The fourth-order valence-electron chi connectivity index (χ4n) is 3.08. The van der Waals surface area contributed by atoms with Gasteiger partial charge < -0.3 is 15.4 Å². The van der Waals surface area contributed by atoms with Crippen molar-refractivity contribution in [2.24, 2.45) is 0 Å². The summed E-state index contributed by atoms with van der Waals surface area (Å²) in [5.74, 6) is -0.318. The predicted octanol–water partition coefficient (Wildman–Crippen LogP) is 4.17. The van der Waals surface area contributed by atoms with Crippen molar-refractivity contribution >= 4 is 11.8 Å². The second-order valence-corrected chi connectivity index (χ2v) is 7.22. The van der Waals surface area contributed by atoms with Crippen LogP contribution in [0, 0.1) is 13.8 Å². The first kappa shape index (κ1) is 21.1. The van der Waals surface area contributed by atoms with Crippen molar-refractivity contribution in [2.45, 2.75) is 26.9 Å². The first-order valence-corrected chi connectivity index (χ1v) is 9.82. The Labute approximate surface area is 177 Å². The van der Waals surface area contributed by atoms with Crippen molar-refractivity contribution in [3.05, 3.63) is 100 Å². The number of carbonyl (C=O) groups is 2. The highest BCUT2D eigenvalue weighted by Crippen LogP contribution is 2.24. The number of hydrogen-bond donors (Lipinski definition) is 2. The lowest BCUT2D eigenvalue weighted by molar-refractivity contribution is 0.0945. The summed E-state index contributed by atoms with van der Waals surface area (Å²) in [6.45, 7) is 4.82. The molecular weight excluding hydrogens is 376 g/mol. The molecule has 2 amide bonds. The Balaban J connectivity index is 1.70. The summed E-state index contributed by atoms with van der Waals surface area (Å²) in [7, 11) is 1.46. The van der Waals surface area contributed by atoms with Gasteiger partial charge in [0.1, 0.15) is 5.75 Å². The first-order valence-electron chi connectivity index (χ1n) is 9.82. The van der Waals surface area contributed by atoms with E-state index in [1.807, 2.05) is 62.4 Å². The molecule has 0 unspecified atom stereocenters. The lowest BCUT2D eigenvalue weighted by atomic mass is 10.1. The van der Waals surface area contributed by atoms with E-state index in [1.54, 1.807) is 18.2 Å². The van der Waals surface area contributed by atoms with Gasteiger partial charge in [-0.05, 0) is 37.1 Å². The van der Waals surface area contributed by atoms with E-state index in [0.717, 1.165) is 22.3 Å². The minimum Gasteiger partial charge on any atom is -0.495 e. The highest BCUT2D eigenvalue weighted by atomic mass is 16.5. The van der Waals surface area contributed by atoms with Gasteiger partial charge in [-0.3, -0.25) is 9.59 Å². The van der Waals surface area contributed by atoms with Crippen LogP contribution in [0.1, 0.15) is 43.0 Å². The Morgan fingerprint density at radius 3 is 1.47 bits per heavy atom. The topological polar surface area (TPSA) is 67.4 Å². The molecule has 2 N–H and O–H groups in total. The number of rotatable bonds is 7. The SMILES string of the molecule is COc1c(C(=O)NCc2ccc(C)cc2)cccc1C(=O)NCc1ccc(C)cc1. The van der Waals surface area contributed by atoms with Crippen LogP contribution in [0.15, 0.2) is 66.7 Å². The fourth-order valence-corrected chi connectivity index (χ4v) is 3.08. The van der Waals surface area contributed by atoms with Gasteiger partial charge in [0.05, 0.1) is 18.2 Å². The molecule has 0 spiro atoms. The van der Waals surface area contributed by atoms with Gasteiger partial charge in [-0.2, -0.15) is 0 Å². The summed E-state index contributed by atoms with van der Waals surface area (Å²) in [5, 5.41) is 5.78. The molecule has 3 aromatic carbocycles. The van der Waals surface area contributed by atoms with Gasteiger partial charge in [-0.1, -0.05) is 65.7 Å². The number of hydrogen-bond acceptors (Lipinski definition) is 3. The number of benzene rings is 3. The zero-order chi connectivity index (χ0) is 21.5. The molecule has 3 rings (SSSR count). The molecule has 0 aliphatic carbocycles. The Kier molecular flexibility index (Phi) is 6.86. The second kappa shape index (κ2) is 9.74. The standard InChI is InChI=1S/C25H26N2O3/c1-17-7-11-19(12-8-17)15-26-24(28)21-5-4-6-22(23(21)30-3)25(29)27-16-20-13-9-18(2)10-14-20/h4-14H,15-16H2,1-3H3,(H,26,28)(H,27,29). The van der Waals surface area contributed by atoms with Gasteiger partial charge in [0.15, 0.2) is 0 Å². The third kappa shape index (κ3) is 5.26. The predicted molar refractivity (Wildman–Crippen MR) is 118 cm³/mol. The Bertz CT molecular complexity index is 946. The molecule has 0 aliphatic rings. The van der Waals surface area contributed by atoms with E-state index in [1.165, 1.54) is 7.11 Å². The maximum absolute atomic E-state index is 12.7. The van der Waals surface area contributed by atoms with Crippen LogP contribution in [0.25, 0.3) is 0 Å². The van der Waals surface area contributed by atoms with Crippen molar-refractivity contribution in [1.82, 2.24) is 10.6 Å². The number of ether oxygens (including phenoxy) is 1. The van der Waals surface area contributed by atoms with Crippen LogP contribution in [0.2, 0.25) is 0 Å². The summed E-state index contributed by atoms with van der Waals surface area (Å²) in [4.78, 5) is 25.5. The normalized spacial score (nSPS) is 10.4. The third-order valence-electron chi connectivity index (χ3n) is 4.86. The largest absolute Gasteiger partial charge is 0.495 e. The number of para-hydroxylation sites is 1. The molecule has 0 aromatic heterocycles. The molecule has 0 aliphatic heterocycles. The van der Waals surface area contributed by atoms with Gasteiger partial charge >= 0.3 is 0 Å². The quantitative estimate of drug-likeness (QED) is 0.623. The Hall–Kier alpha value is -3.60. The maximum atomic E-state index is 12.7. The van der Waals surface area contributed by atoms with E-state index in [2.05, 4.69) is 10.6 Å². The minimum absolute atomic E-state index is 0.264. The van der Waals surface area contributed by atoms with Gasteiger partial charge in [-0.15, -0.1) is 0 Å². The molecule has 0 saturated carbocycles. The number of methoxy groups -OCH3 is 1. The molecule has 0 atom stereocenters. The van der Waals surface area contributed by atoms with Gasteiger partial charge in [0.25, 0.3) is 11.8 Å². The average molecular weight is 402 g/mol. The molecule has 0 bridgehead atoms. The zero-order valence-electron chi connectivity index (χ0n) is 17.5. The van der Waals surface area contributed by atoms with Gasteiger partial charge in [-0.25, -0.2) is 0 Å². The molecule has 0 radical (unpaired) electrons. The number of amides is 2. The van der Waals surface area contributed by atoms with Crippen LogP contribution >= 0.6 is 0 Å². The summed E-state index contributed by atoms with van der Waals surface area (Å²) >= 11 is 0. The summed E-state index contributed by atoms with van der Waals surface area (Å²) in [6.07, 6.45) is 0. The van der Waals surface area contributed by atoms with Gasteiger partial charge in [0.2, 0.25) is 0 Å². The molecular formula is C25H26N2O3. The minimum atomic E-state index is -0.291. The summed E-state index contributed by atoms with van der Waals surface area (Å²) in [6, 6.07) is 20.9. The molecule has 154 valence electrons. The molecule has 0 heterocycles. The maximum Gasteiger partial charge on any atom is 0.255 e. The van der Waals surface area contributed by atoms with E-state index in [9.17, 15) is 9.59 Å². The van der Waals surface area contributed by atoms with Crippen molar-refractivity contribution in [3.63, 3.8) is 0 Å². The monoisotopic (exact) mass is 402 g/mol. The van der Waals surface area contributed by atoms with Gasteiger partial charge in [0, 0.05) is 13.1 Å². The Morgan fingerprint density at radius 2 is 1.10 bits per heavy atom. The van der Waals surface area contributed by atoms with E-state index < -0.39 is 0 Å². The number of nitrogens with one attached hydrogen (secondary N) is 2. The molecule has 30 heavy (non-hydrogen) atoms.